The molecule has 1 saturated carbocycles. The number of amides is 1. The molecule has 1 amide bonds. The fourth-order valence-electron chi connectivity index (χ4n) is 4.67. The number of nitrogens with one attached hydrogen (secondary N) is 3. The maximum atomic E-state index is 11.0. The lowest BCUT2D eigenvalue weighted by Gasteiger charge is -2.26. The Bertz CT molecular complexity index is 1360. The minimum atomic E-state index is -0.0800. The number of benzodiazepines with no additional fused rings is 1. The molecule has 3 aromatic rings. The van der Waals surface area contributed by atoms with Gasteiger partial charge in [0.05, 0.1) is 17.4 Å². The quantitative estimate of drug-likeness (QED) is 0.303. The second-order valence-corrected chi connectivity index (χ2v) is 9.79. The fourth-order valence-corrected chi connectivity index (χ4v) is 5.08. The molecule has 2 aliphatic rings. The highest BCUT2D eigenvalue weighted by molar-refractivity contribution is 6.32. The molecule has 0 bridgehead atoms. The number of aryl methyl sites for hydroxylation is 1. The molecule has 1 atom stereocenters. The molecular formula is C28H27Cl2N5O. The van der Waals surface area contributed by atoms with Crippen molar-refractivity contribution < 1.29 is 4.79 Å². The maximum absolute atomic E-state index is 11.0. The summed E-state index contributed by atoms with van der Waals surface area (Å²) >= 11 is 12.9. The van der Waals surface area contributed by atoms with Crippen molar-refractivity contribution in [3.63, 3.8) is 0 Å². The molecule has 2 aromatic carbocycles. The van der Waals surface area contributed by atoms with Crippen LogP contribution in [0.15, 0.2) is 71.0 Å². The SMILES string of the molecule is CNc1cc(C2=NC(CCc3ccccc3Cl)C(=C3CCC3)Nc3ccc(Cl)cc32)cnc1NC=O. The van der Waals surface area contributed by atoms with Crippen LogP contribution in [0.2, 0.25) is 10.0 Å². The first kappa shape index (κ1) is 24.3. The molecule has 1 fully saturated rings. The van der Waals surface area contributed by atoms with E-state index < -0.39 is 0 Å². The zero-order chi connectivity index (χ0) is 25.1. The first-order chi connectivity index (χ1) is 17.6. The zero-order valence-corrected chi connectivity index (χ0v) is 21.5. The molecule has 0 radical (unpaired) electrons. The number of rotatable bonds is 7. The van der Waals surface area contributed by atoms with Crippen molar-refractivity contribution in [1.29, 1.82) is 0 Å². The van der Waals surface area contributed by atoms with Gasteiger partial charge in [0.15, 0.2) is 5.82 Å². The number of anilines is 3. The Balaban J connectivity index is 1.63. The molecule has 1 aromatic heterocycles. The summed E-state index contributed by atoms with van der Waals surface area (Å²) in [6.45, 7) is 0. The van der Waals surface area contributed by atoms with E-state index in [0.29, 0.717) is 22.9 Å². The standard InChI is InChI=1S/C28H27Cl2N5O/c1-31-25-13-19(15-32-28(25)33-16-36)26-21-14-20(29)10-12-23(21)34-27(18-6-4-7-18)24(35-26)11-9-17-5-2-3-8-22(17)30/h2-3,5,8,10,12-16,24,31,34H,4,6-7,9,11H2,1H3,(H,32,33,36). The van der Waals surface area contributed by atoms with Gasteiger partial charge in [-0.3, -0.25) is 9.79 Å². The van der Waals surface area contributed by atoms with Gasteiger partial charge in [0.1, 0.15) is 0 Å². The Hall–Kier alpha value is -3.35. The third-order valence-corrected chi connectivity index (χ3v) is 7.34. The first-order valence-corrected chi connectivity index (χ1v) is 12.8. The average Bonchev–Trinajstić information content (AvgIpc) is 3.00. The van der Waals surface area contributed by atoms with Crippen molar-refractivity contribution in [2.75, 3.05) is 23.0 Å². The molecule has 8 heteroatoms. The van der Waals surface area contributed by atoms with E-state index in [4.69, 9.17) is 28.2 Å². The molecule has 2 heterocycles. The molecule has 0 saturated heterocycles. The minimum Gasteiger partial charge on any atom is -0.385 e. The highest BCUT2D eigenvalue weighted by Gasteiger charge is 2.28. The van der Waals surface area contributed by atoms with Gasteiger partial charge < -0.3 is 16.0 Å². The van der Waals surface area contributed by atoms with Crippen molar-refractivity contribution in [2.45, 2.75) is 38.1 Å². The molecule has 184 valence electrons. The number of aromatic nitrogens is 1. The van der Waals surface area contributed by atoms with Gasteiger partial charge in [0.25, 0.3) is 0 Å². The number of allylic oxidation sites excluding steroid dienone is 1. The van der Waals surface area contributed by atoms with Crippen LogP contribution < -0.4 is 16.0 Å². The summed E-state index contributed by atoms with van der Waals surface area (Å²) < 4.78 is 0. The van der Waals surface area contributed by atoms with Crippen LogP contribution in [-0.4, -0.2) is 30.2 Å². The highest BCUT2D eigenvalue weighted by atomic mass is 35.5. The average molecular weight is 520 g/mol. The van der Waals surface area contributed by atoms with Gasteiger partial charge in [0.2, 0.25) is 6.41 Å². The number of pyridine rings is 1. The topological polar surface area (TPSA) is 78.4 Å². The Labute approximate surface area is 220 Å². The Kier molecular flexibility index (Phi) is 7.25. The van der Waals surface area contributed by atoms with Gasteiger partial charge in [0, 0.05) is 45.8 Å². The molecule has 3 N–H and O–H groups in total. The van der Waals surface area contributed by atoms with E-state index >= 15 is 0 Å². The van der Waals surface area contributed by atoms with Crippen LogP contribution in [-0.2, 0) is 11.2 Å². The summed E-state index contributed by atoms with van der Waals surface area (Å²) in [5, 5.41) is 10.9. The van der Waals surface area contributed by atoms with Crippen molar-refractivity contribution >= 4 is 52.5 Å². The number of aliphatic imine (C=N–C) groups is 1. The number of carbonyl (C=O) groups excluding carboxylic acids is 1. The molecular weight excluding hydrogens is 493 g/mol. The van der Waals surface area contributed by atoms with Gasteiger partial charge in [-0.25, -0.2) is 4.98 Å². The third-order valence-electron chi connectivity index (χ3n) is 6.73. The number of carbonyl (C=O) groups is 1. The molecule has 0 spiro atoms. The lowest BCUT2D eigenvalue weighted by atomic mass is 9.87. The van der Waals surface area contributed by atoms with Crippen molar-refractivity contribution in [3.05, 3.63) is 92.7 Å². The van der Waals surface area contributed by atoms with Crippen LogP contribution in [0, 0.1) is 0 Å². The van der Waals surface area contributed by atoms with Crippen molar-refractivity contribution in [2.24, 2.45) is 4.99 Å². The summed E-state index contributed by atoms with van der Waals surface area (Å²) in [7, 11) is 1.80. The highest BCUT2D eigenvalue weighted by Crippen LogP contribution is 2.38. The second kappa shape index (κ2) is 10.7. The van der Waals surface area contributed by atoms with E-state index in [2.05, 4.69) is 27.0 Å². The lowest BCUT2D eigenvalue weighted by Crippen LogP contribution is -2.21. The summed E-state index contributed by atoms with van der Waals surface area (Å²) in [5.74, 6) is 0.461. The largest absolute Gasteiger partial charge is 0.385 e. The summed E-state index contributed by atoms with van der Waals surface area (Å²) in [6, 6.07) is 15.7. The van der Waals surface area contributed by atoms with Crippen molar-refractivity contribution in [1.82, 2.24) is 4.98 Å². The Morgan fingerprint density at radius 3 is 2.69 bits per heavy atom. The monoisotopic (exact) mass is 519 g/mol. The van der Waals surface area contributed by atoms with Gasteiger partial charge in [-0.1, -0.05) is 41.4 Å². The predicted molar refractivity (Wildman–Crippen MR) is 149 cm³/mol. The van der Waals surface area contributed by atoms with Gasteiger partial charge in [-0.15, -0.1) is 0 Å². The Morgan fingerprint density at radius 2 is 1.97 bits per heavy atom. The first-order valence-electron chi connectivity index (χ1n) is 12.1. The lowest BCUT2D eigenvalue weighted by molar-refractivity contribution is -0.105. The molecule has 36 heavy (non-hydrogen) atoms. The number of halogens is 2. The molecule has 1 aliphatic heterocycles. The van der Waals surface area contributed by atoms with Crippen LogP contribution in [0.3, 0.4) is 0 Å². The van der Waals surface area contributed by atoms with E-state index in [9.17, 15) is 4.79 Å². The van der Waals surface area contributed by atoms with E-state index in [1.54, 1.807) is 13.2 Å². The maximum Gasteiger partial charge on any atom is 0.212 e. The fraction of sp³-hybridized carbons (Fsp3) is 0.250. The number of fused-ring (bicyclic) bond motifs is 1. The molecule has 1 unspecified atom stereocenters. The van der Waals surface area contributed by atoms with Crippen LogP contribution >= 0.6 is 23.2 Å². The normalized spacial score (nSPS) is 16.8. The van der Waals surface area contributed by atoms with E-state index in [1.165, 1.54) is 17.7 Å². The van der Waals surface area contributed by atoms with Gasteiger partial charge in [-0.05, 0) is 73.6 Å². The summed E-state index contributed by atoms with van der Waals surface area (Å²) in [6.07, 6.45) is 7.32. The summed E-state index contributed by atoms with van der Waals surface area (Å²) in [4.78, 5) is 20.9. The number of benzene rings is 2. The van der Waals surface area contributed by atoms with Crippen LogP contribution in [0.1, 0.15) is 42.4 Å². The second-order valence-electron chi connectivity index (χ2n) is 8.94. The minimum absolute atomic E-state index is 0.0800. The van der Waals surface area contributed by atoms with Gasteiger partial charge in [-0.2, -0.15) is 0 Å². The Morgan fingerprint density at radius 1 is 1.14 bits per heavy atom. The van der Waals surface area contributed by atoms with Crippen molar-refractivity contribution in [3.8, 4) is 0 Å². The van der Waals surface area contributed by atoms with E-state index in [-0.39, 0.29) is 6.04 Å². The molecule has 6 nitrogen and oxygen atoms in total. The summed E-state index contributed by atoms with van der Waals surface area (Å²) in [5.41, 5.74) is 7.94. The van der Waals surface area contributed by atoms with Crippen LogP contribution in [0.4, 0.5) is 17.2 Å². The van der Waals surface area contributed by atoms with E-state index in [0.717, 1.165) is 58.8 Å². The van der Waals surface area contributed by atoms with Gasteiger partial charge >= 0.3 is 0 Å². The number of nitrogens with zero attached hydrogens (tertiary/aromatic N) is 2. The predicted octanol–water partition coefficient (Wildman–Crippen LogP) is 6.70. The molecule has 1 aliphatic carbocycles. The number of hydrogen-bond donors (Lipinski definition) is 3. The van der Waals surface area contributed by atoms with E-state index in [1.807, 2.05) is 42.5 Å². The van der Waals surface area contributed by atoms with Crippen LogP contribution in [0.25, 0.3) is 0 Å². The third kappa shape index (κ3) is 4.97. The molecule has 5 rings (SSSR count). The smallest absolute Gasteiger partial charge is 0.212 e. The van der Waals surface area contributed by atoms with Crippen LogP contribution in [0.5, 0.6) is 0 Å². The number of hydrogen-bond acceptors (Lipinski definition) is 5. The zero-order valence-electron chi connectivity index (χ0n) is 19.9.